The number of aromatic nitrogens is 1. The molecular formula is C67H57BN2S2. The monoisotopic (exact) mass is 964 g/mol. The van der Waals surface area contributed by atoms with Crippen LogP contribution in [0.4, 0.5) is 11.4 Å². The quantitative estimate of drug-likeness (QED) is 0.160. The highest BCUT2D eigenvalue weighted by Gasteiger charge is 2.46. The lowest BCUT2D eigenvalue weighted by Gasteiger charge is -2.42. The van der Waals surface area contributed by atoms with Gasteiger partial charge in [0.25, 0.3) is 0 Å². The zero-order valence-electron chi connectivity index (χ0n) is 42.8. The summed E-state index contributed by atoms with van der Waals surface area (Å²) in [6, 6.07) is 54.9. The molecule has 5 heterocycles. The first-order chi connectivity index (χ1) is 34.5. The van der Waals surface area contributed by atoms with Crippen LogP contribution in [-0.2, 0) is 21.7 Å². The molecule has 0 saturated carbocycles. The van der Waals surface area contributed by atoms with Crippen molar-refractivity contribution in [3.05, 3.63) is 191 Å². The number of benzene rings is 8. The van der Waals surface area contributed by atoms with Crippen LogP contribution in [-0.4, -0.2) is 11.4 Å². The zero-order valence-corrected chi connectivity index (χ0v) is 44.4. The van der Waals surface area contributed by atoms with Gasteiger partial charge < -0.3 is 9.38 Å². The molecule has 2 nitrogen and oxygen atoms in total. The lowest BCUT2D eigenvalue weighted by atomic mass is 9.43. The first-order valence-corrected chi connectivity index (χ1v) is 27.6. The van der Waals surface area contributed by atoms with E-state index in [4.69, 9.17) is 6.58 Å². The third-order valence-electron chi connectivity index (χ3n) is 17.9. The number of hydrogen-bond acceptors (Lipinski definition) is 3. The molecule has 0 amide bonds. The van der Waals surface area contributed by atoms with E-state index >= 15 is 0 Å². The topological polar surface area (TPSA) is 8.17 Å². The zero-order chi connectivity index (χ0) is 49.1. The van der Waals surface area contributed by atoms with E-state index in [1.165, 1.54) is 154 Å². The van der Waals surface area contributed by atoms with E-state index < -0.39 is 0 Å². The van der Waals surface area contributed by atoms with Crippen molar-refractivity contribution in [2.24, 2.45) is 0 Å². The fraction of sp³-hybridized carbons (Fsp3) is 0.224. The van der Waals surface area contributed by atoms with Gasteiger partial charge in [0.1, 0.15) is 0 Å². The van der Waals surface area contributed by atoms with Crippen LogP contribution in [0.2, 0.25) is 0 Å². The van der Waals surface area contributed by atoms with Crippen LogP contribution in [0, 0.1) is 0 Å². The largest absolute Gasteiger partial charge is 0.376 e. The second-order valence-electron chi connectivity index (χ2n) is 24.5. The van der Waals surface area contributed by atoms with Crippen LogP contribution in [0.25, 0.3) is 80.4 Å². The molecule has 2 aromatic heterocycles. The Morgan fingerprint density at radius 2 is 1.26 bits per heavy atom. The number of rotatable bonds is 2. The molecule has 72 heavy (non-hydrogen) atoms. The van der Waals surface area contributed by atoms with Crippen molar-refractivity contribution in [3.63, 3.8) is 0 Å². The third kappa shape index (κ3) is 5.70. The van der Waals surface area contributed by atoms with E-state index in [9.17, 15) is 0 Å². The summed E-state index contributed by atoms with van der Waals surface area (Å²) in [5.74, 6) is 0. The molecule has 350 valence electrons. The number of nitrogens with zero attached hydrogens (tertiary/aromatic N) is 2. The normalized spacial score (nSPS) is 17.5. The van der Waals surface area contributed by atoms with Gasteiger partial charge in [0.15, 0.2) is 0 Å². The number of thioether (sulfide) groups is 1. The average molecular weight is 965 g/mol. The second-order valence-corrected chi connectivity index (χ2v) is 26.6. The molecule has 0 fully saturated rings. The molecule has 0 radical (unpaired) electrons. The first kappa shape index (κ1) is 43.1. The molecule has 0 spiro atoms. The van der Waals surface area contributed by atoms with E-state index in [1.807, 2.05) is 23.1 Å². The number of thiophene rings is 1. The van der Waals surface area contributed by atoms with Gasteiger partial charge in [-0.15, -0.1) is 11.3 Å². The highest BCUT2D eigenvalue weighted by atomic mass is 32.2. The van der Waals surface area contributed by atoms with Gasteiger partial charge in [-0.1, -0.05) is 166 Å². The Hall–Kier alpha value is -6.53. The number of allylic oxidation sites excluding steroid dienone is 2. The third-order valence-corrected chi connectivity index (χ3v) is 20.2. The van der Waals surface area contributed by atoms with E-state index in [-0.39, 0.29) is 28.5 Å². The summed E-state index contributed by atoms with van der Waals surface area (Å²) in [7, 11) is 0. The highest BCUT2D eigenvalue weighted by Crippen LogP contribution is 2.55. The van der Waals surface area contributed by atoms with Crippen molar-refractivity contribution in [3.8, 4) is 27.9 Å². The Balaban J connectivity index is 1.06. The Morgan fingerprint density at radius 3 is 2.03 bits per heavy atom. The van der Waals surface area contributed by atoms with Gasteiger partial charge in [-0.3, -0.25) is 0 Å². The molecule has 5 heteroatoms. The molecule has 2 aliphatic carbocycles. The molecule has 0 unspecified atom stereocenters. The summed E-state index contributed by atoms with van der Waals surface area (Å²) >= 11 is 3.85. The predicted molar refractivity (Wildman–Crippen MR) is 314 cm³/mol. The summed E-state index contributed by atoms with van der Waals surface area (Å²) < 4.78 is 5.41. The van der Waals surface area contributed by atoms with Gasteiger partial charge in [0, 0.05) is 68.8 Å². The Morgan fingerprint density at radius 1 is 0.569 bits per heavy atom. The fourth-order valence-corrected chi connectivity index (χ4v) is 16.1. The molecule has 5 aliphatic rings. The molecule has 3 aliphatic heterocycles. The summed E-state index contributed by atoms with van der Waals surface area (Å²) in [4.78, 5) is 5.21. The van der Waals surface area contributed by atoms with Crippen LogP contribution in [0.5, 0.6) is 0 Å². The van der Waals surface area contributed by atoms with Gasteiger partial charge in [0.05, 0.1) is 11.0 Å². The number of fused-ring (bicyclic) bond motifs is 16. The van der Waals surface area contributed by atoms with E-state index in [0.717, 1.165) is 5.57 Å². The maximum Gasteiger partial charge on any atom is 0.333 e. The van der Waals surface area contributed by atoms with Gasteiger partial charge in [-0.2, -0.15) is 0 Å². The van der Waals surface area contributed by atoms with Crippen molar-refractivity contribution in [1.82, 2.24) is 4.57 Å². The summed E-state index contributed by atoms with van der Waals surface area (Å²) in [6.45, 7) is 26.3. The second kappa shape index (κ2) is 14.2. The Bertz CT molecular complexity index is 4150. The SMILES string of the molecule is C=C1C=C(c2ccccc2)Sc2cc3c(cc21)B1c2c(ccc4c5cc6c(cc5n-3c24)-c2ccccc2C6(C)C)-c2cc3c(cc2N1c1ccc(C(C)(C)C)cc1)sc1cc2c(cc13)C(C)(C)CCC2(C)C. The fourth-order valence-electron chi connectivity index (χ4n) is 13.8. The minimum atomic E-state index is -0.118. The highest BCUT2D eigenvalue weighted by molar-refractivity contribution is 8.08. The smallest absolute Gasteiger partial charge is 0.333 e. The van der Waals surface area contributed by atoms with Gasteiger partial charge in [-0.05, 0) is 162 Å². The van der Waals surface area contributed by atoms with Crippen molar-refractivity contribution >= 4 is 105 Å². The van der Waals surface area contributed by atoms with Crippen molar-refractivity contribution in [1.29, 1.82) is 0 Å². The molecule has 0 N–H and O–H groups in total. The van der Waals surface area contributed by atoms with Crippen LogP contribution in [0.15, 0.2) is 157 Å². The van der Waals surface area contributed by atoms with Crippen LogP contribution in [0.3, 0.4) is 0 Å². The molecule has 10 aromatic rings. The molecule has 15 rings (SSSR count). The summed E-state index contributed by atoms with van der Waals surface area (Å²) in [5.41, 5.74) is 25.2. The first-order valence-electron chi connectivity index (χ1n) is 26.0. The van der Waals surface area contributed by atoms with Crippen LogP contribution < -0.4 is 15.7 Å². The average Bonchev–Trinajstić information content (AvgIpc) is 3.98. The minimum absolute atomic E-state index is 0.0274. The summed E-state index contributed by atoms with van der Waals surface area (Å²) in [5, 5.41) is 5.39. The van der Waals surface area contributed by atoms with Gasteiger partial charge in [-0.25, -0.2) is 0 Å². The number of hydrogen-bond donors (Lipinski definition) is 0. The van der Waals surface area contributed by atoms with E-state index in [1.54, 1.807) is 0 Å². The molecule has 0 bridgehead atoms. The predicted octanol–water partition coefficient (Wildman–Crippen LogP) is 17.5. The van der Waals surface area contributed by atoms with E-state index in [0.29, 0.717) is 0 Å². The molecular weight excluding hydrogens is 908 g/mol. The van der Waals surface area contributed by atoms with Crippen molar-refractivity contribution in [2.75, 3.05) is 4.81 Å². The molecule has 0 saturated heterocycles. The Kier molecular flexibility index (Phi) is 8.47. The van der Waals surface area contributed by atoms with Gasteiger partial charge in [0.2, 0.25) is 0 Å². The molecule has 0 atom stereocenters. The minimum Gasteiger partial charge on any atom is -0.376 e. The van der Waals surface area contributed by atoms with Crippen molar-refractivity contribution in [2.45, 2.75) is 102 Å². The maximum atomic E-state index is 4.80. The lowest BCUT2D eigenvalue weighted by molar-refractivity contribution is 0.332. The Labute approximate surface area is 432 Å². The maximum absolute atomic E-state index is 4.80. The van der Waals surface area contributed by atoms with E-state index in [2.05, 4.69) is 217 Å². The summed E-state index contributed by atoms with van der Waals surface area (Å²) in [6.07, 6.45) is 4.71. The standard InChI is InChI=1S/C67H57BN2S2/c1-37-28-58(38-16-12-11-13-17-38)71-60-36-57-54(32-44(37)60)68-62-42(24-25-43-47-30-51-45(33-55(47)69(57)63(43)62)41-18-14-15-19-50(41)67(51,9)10)46-29-48-49-31-52-53(66(7,8)27-26-65(52,5)6)34-59(49)72-61(48)35-56(46)70(68)40-22-20-39(21-23-40)64(2,3)4/h11-25,28-36H,1,26-27H2,2-10H3. The lowest BCUT2D eigenvalue weighted by Crippen LogP contribution is -2.60. The molecule has 8 aromatic carbocycles. The number of anilines is 2. The van der Waals surface area contributed by atoms with Gasteiger partial charge >= 0.3 is 6.85 Å². The van der Waals surface area contributed by atoms with Crippen LogP contribution >= 0.6 is 23.1 Å². The van der Waals surface area contributed by atoms with Crippen LogP contribution in [0.1, 0.15) is 114 Å². The van der Waals surface area contributed by atoms with Crippen molar-refractivity contribution < 1.29 is 0 Å².